The van der Waals surface area contributed by atoms with Crippen LogP contribution in [0.3, 0.4) is 0 Å². The highest BCUT2D eigenvalue weighted by Crippen LogP contribution is 2.35. The van der Waals surface area contributed by atoms with E-state index in [1.807, 2.05) is 43.5 Å². The zero-order chi connectivity index (χ0) is 18.1. The van der Waals surface area contributed by atoms with E-state index >= 15 is 0 Å². The van der Waals surface area contributed by atoms with Crippen LogP contribution in [0.2, 0.25) is 0 Å². The van der Waals surface area contributed by atoms with E-state index in [0.29, 0.717) is 0 Å². The average molecular weight is 350 g/mol. The molecule has 0 bridgehead atoms. The molecule has 0 unspecified atom stereocenters. The first-order chi connectivity index (χ1) is 12.7. The number of aromatic amines is 1. The van der Waals surface area contributed by atoms with E-state index in [2.05, 4.69) is 9.97 Å². The number of carbonyl (C=O) groups is 1. The van der Waals surface area contributed by atoms with Crippen LogP contribution in [0.25, 0.3) is 11.0 Å². The van der Waals surface area contributed by atoms with Crippen molar-refractivity contribution in [3.63, 3.8) is 0 Å². The lowest BCUT2D eigenvalue weighted by molar-refractivity contribution is 0.175. The average Bonchev–Trinajstić information content (AvgIpc) is 3.10. The van der Waals surface area contributed by atoms with Crippen LogP contribution in [0, 0.1) is 0 Å². The zero-order valence-electron chi connectivity index (χ0n) is 15.0. The van der Waals surface area contributed by atoms with Crippen LogP contribution in [-0.2, 0) is 24.0 Å². The highest BCUT2D eigenvalue weighted by Gasteiger charge is 2.30. The topological polar surface area (TPSA) is 71.1 Å². The highest BCUT2D eigenvalue weighted by molar-refractivity contribution is 5.95. The third-order valence-corrected chi connectivity index (χ3v) is 5.01. The van der Waals surface area contributed by atoms with Crippen molar-refractivity contribution in [1.29, 1.82) is 0 Å². The molecule has 0 spiro atoms. The maximum Gasteiger partial charge on any atom is 0.414 e. The van der Waals surface area contributed by atoms with Crippen molar-refractivity contribution in [1.82, 2.24) is 15.0 Å². The minimum Gasteiger partial charge on any atom is -0.452 e. The number of amides is 1. The van der Waals surface area contributed by atoms with Gasteiger partial charge >= 0.3 is 6.09 Å². The van der Waals surface area contributed by atoms with Gasteiger partial charge in [-0.05, 0) is 50.5 Å². The van der Waals surface area contributed by atoms with Crippen molar-refractivity contribution >= 4 is 22.8 Å². The second-order valence-electron chi connectivity index (χ2n) is 6.69. The molecule has 1 amide bonds. The monoisotopic (exact) mass is 350 g/mol. The maximum atomic E-state index is 12.2. The fourth-order valence-corrected chi connectivity index (χ4v) is 3.65. The number of imidazole rings is 1. The van der Waals surface area contributed by atoms with E-state index in [4.69, 9.17) is 9.72 Å². The number of methoxy groups -OCH3 is 1. The number of hydrogen-bond acceptors (Lipinski definition) is 4. The van der Waals surface area contributed by atoms with Crippen LogP contribution >= 0.6 is 0 Å². The van der Waals surface area contributed by atoms with Crippen LogP contribution < -0.4 is 4.90 Å². The lowest BCUT2D eigenvalue weighted by atomic mass is 9.96. The largest absolute Gasteiger partial charge is 0.452 e. The smallest absolute Gasteiger partial charge is 0.414 e. The molecule has 0 saturated heterocycles. The molecule has 6 heteroatoms. The van der Waals surface area contributed by atoms with Crippen molar-refractivity contribution in [2.45, 2.75) is 38.6 Å². The maximum absolute atomic E-state index is 12.2. The number of hydrogen-bond donors (Lipinski definition) is 1. The molecule has 0 aliphatic carbocycles. The summed E-state index contributed by atoms with van der Waals surface area (Å²) in [5.41, 5.74) is 5.05. The van der Waals surface area contributed by atoms with Crippen LogP contribution in [0.15, 0.2) is 36.5 Å². The Kier molecular flexibility index (Phi) is 4.32. The molecule has 1 aliphatic rings. The number of nitrogens with one attached hydrogen (secondary N) is 1. The van der Waals surface area contributed by atoms with E-state index in [1.165, 1.54) is 7.11 Å². The first-order valence-corrected chi connectivity index (χ1v) is 8.95. The Hall–Kier alpha value is -2.89. The molecule has 134 valence electrons. The minimum absolute atomic E-state index is 0.120. The van der Waals surface area contributed by atoms with Gasteiger partial charge in [-0.25, -0.2) is 9.78 Å². The number of aromatic nitrogens is 3. The molecular formula is C20H22N4O2. The summed E-state index contributed by atoms with van der Waals surface area (Å²) < 4.78 is 4.97. The fourth-order valence-electron chi connectivity index (χ4n) is 3.65. The van der Waals surface area contributed by atoms with Gasteiger partial charge in [0.1, 0.15) is 5.82 Å². The number of fused-ring (bicyclic) bond motifs is 3. The van der Waals surface area contributed by atoms with Crippen molar-refractivity contribution in [3.8, 4) is 0 Å². The fraction of sp³-hybridized carbons (Fsp3) is 0.350. The Balaban J connectivity index is 1.66. The Morgan fingerprint density at radius 3 is 2.96 bits per heavy atom. The van der Waals surface area contributed by atoms with Gasteiger partial charge in [0.15, 0.2) is 0 Å². The summed E-state index contributed by atoms with van der Waals surface area (Å²) in [7, 11) is 1.42. The zero-order valence-corrected chi connectivity index (χ0v) is 15.0. The lowest BCUT2D eigenvalue weighted by Crippen LogP contribution is -2.42. The molecule has 0 radical (unpaired) electrons. The van der Waals surface area contributed by atoms with Gasteiger partial charge in [-0.3, -0.25) is 9.88 Å². The van der Waals surface area contributed by atoms with E-state index in [1.54, 1.807) is 4.90 Å². The second-order valence-corrected chi connectivity index (χ2v) is 6.69. The summed E-state index contributed by atoms with van der Waals surface area (Å²) in [5.74, 6) is 0.947. The minimum atomic E-state index is -0.316. The predicted octanol–water partition coefficient (Wildman–Crippen LogP) is 3.65. The molecule has 26 heavy (non-hydrogen) atoms. The number of anilines is 1. The first-order valence-electron chi connectivity index (χ1n) is 8.95. The Morgan fingerprint density at radius 1 is 1.31 bits per heavy atom. The molecule has 2 aromatic heterocycles. The van der Waals surface area contributed by atoms with E-state index < -0.39 is 0 Å². The van der Waals surface area contributed by atoms with Gasteiger partial charge in [-0.1, -0.05) is 6.07 Å². The van der Waals surface area contributed by atoms with E-state index in [9.17, 15) is 4.79 Å². The van der Waals surface area contributed by atoms with Crippen LogP contribution in [0.1, 0.15) is 30.4 Å². The number of benzene rings is 1. The third-order valence-electron chi connectivity index (χ3n) is 5.01. The van der Waals surface area contributed by atoms with Crippen LogP contribution in [0.4, 0.5) is 10.5 Å². The first kappa shape index (κ1) is 16.6. The number of carbonyl (C=O) groups excluding carboxylic acids is 1. The van der Waals surface area contributed by atoms with Gasteiger partial charge < -0.3 is 9.72 Å². The normalized spacial score (nSPS) is 16.5. The molecule has 0 fully saturated rings. The van der Waals surface area contributed by atoms with Crippen molar-refractivity contribution in [2.24, 2.45) is 0 Å². The number of rotatable bonds is 3. The summed E-state index contributed by atoms with van der Waals surface area (Å²) in [4.78, 5) is 26.5. The van der Waals surface area contributed by atoms with Crippen LogP contribution in [0.5, 0.6) is 0 Å². The SMILES string of the molecule is COC(=O)N1c2ccc3[nH]c(CCc4ccccn4)nc3c2CC[C@@H]1C. The van der Waals surface area contributed by atoms with Gasteiger partial charge in [0, 0.05) is 29.9 Å². The molecule has 4 rings (SSSR count). The summed E-state index contributed by atoms with van der Waals surface area (Å²) in [6, 6.07) is 10.1. The molecule has 3 heterocycles. The number of pyridine rings is 1. The van der Waals surface area contributed by atoms with Gasteiger partial charge in [-0.2, -0.15) is 0 Å². The van der Waals surface area contributed by atoms with Gasteiger partial charge in [-0.15, -0.1) is 0 Å². The predicted molar refractivity (Wildman–Crippen MR) is 100 cm³/mol. The van der Waals surface area contributed by atoms with Crippen molar-refractivity contribution in [3.05, 3.63) is 53.6 Å². The molecule has 1 aromatic carbocycles. The molecule has 3 aromatic rings. The molecule has 1 atom stereocenters. The van der Waals surface area contributed by atoms with Gasteiger partial charge in [0.2, 0.25) is 0 Å². The second kappa shape index (κ2) is 6.78. The van der Waals surface area contributed by atoms with E-state index in [0.717, 1.165) is 59.5 Å². The summed E-state index contributed by atoms with van der Waals surface area (Å²) in [6.07, 6.45) is 4.95. The van der Waals surface area contributed by atoms with Gasteiger partial charge in [0.05, 0.1) is 23.8 Å². The molecule has 6 nitrogen and oxygen atoms in total. The molecule has 0 saturated carbocycles. The Bertz CT molecular complexity index is 936. The third kappa shape index (κ3) is 2.92. The standard InChI is InChI=1S/C20H22N4O2/c1-13-6-8-15-17(24(13)20(25)26-2)10-9-16-19(15)23-18(22-16)11-7-14-5-3-4-12-21-14/h3-5,9-10,12-13H,6-8,11H2,1-2H3,(H,22,23)/t13-/m0/s1. The molecule has 1 aliphatic heterocycles. The van der Waals surface area contributed by atoms with Crippen LogP contribution in [-0.4, -0.2) is 34.2 Å². The van der Waals surface area contributed by atoms with Gasteiger partial charge in [0.25, 0.3) is 0 Å². The quantitative estimate of drug-likeness (QED) is 0.783. The number of nitrogens with zero attached hydrogens (tertiary/aromatic N) is 3. The van der Waals surface area contributed by atoms with E-state index in [-0.39, 0.29) is 12.1 Å². The number of H-pyrrole nitrogens is 1. The number of ether oxygens (including phenoxy) is 1. The Labute approximate surface area is 152 Å². The summed E-state index contributed by atoms with van der Waals surface area (Å²) in [5, 5.41) is 0. The summed E-state index contributed by atoms with van der Waals surface area (Å²) >= 11 is 0. The molecular weight excluding hydrogens is 328 g/mol. The number of aryl methyl sites for hydroxylation is 3. The lowest BCUT2D eigenvalue weighted by Gasteiger charge is -2.34. The van der Waals surface area contributed by atoms with Crippen molar-refractivity contribution < 1.29 is 9.53 Å². The highest BCUT2D eigenvalue weighted by atomic mass is 16.5. The summed E-state index contributed by atoms with van der Waals surface area (Å²) in [6.45, 7) is 2.05. The van der Waals surface area contributed by atoms with Crippen molar-refractivity contribution in [2.75, 3.05) is 12.0 Å². The molecule has 1 N–H and O–H groups in total. The Morgan fingerprint density at radius 2 is 2.19 bits per heavy atom.